The second-order valence-electron chi connectivity index (χ2n) is 4.08. The maximum Gasteiger partial charge on any atom is 0.222 e. The van der Waals surface area contributed by atoms with Crippen molar-refractivity contribution in [1.82, 2.24) is 15.0 Å². The summed E-state index contributed by atoms with van der Waals surface area (Å²) < 4.78 is 0. The van der Waals surface area contributed by atoms with Gasteiger partial charge in [0.1, 0.15) is 5.69 Å². The summed E-state index contributed by atoms with van der Waals surface area (Å²) in [4.78, 5) is 23.8. The number of thiazole rings is 1. The van der Waals surface area contributed by atoms with Crippen LogP contribution in [0.15, 0.2) is 41.7 Å². The predicted octanol–water partition coefficient (Wildman–Crippen LogP) is 3.90. The Kier molecular flexibility index (Phi) is 3.59. The van der Waals surface area contributed by atoms with E-state index in [1.165, 1.54) is 11.3 Å². The molecule has 0 aliphatic rings. The largest absolute Gasteiger partial charge is 0.375 e. The van der Waals surface area contributed by atoms with Gasteiger partial charge in [-0.25, -0.2) is 15.0 Å². The van der Waals surface area contributed by atoms with Gasteiger partial charge in [0.05, 0.1) is 16.3 Å². The summed E-state index contributed by atoms with van der Waals surface area (Å²) in [7, 11) is 0. The molecule has 3 aromatic rings. The fraction of sp³-hybridized carbons (Fsp3) is 0. The predicted molar refractivity (Wildman–Crippen MR) is 83.5 cm³/mol. The van der Waals surface area contributed by atoms with Crippen LogP contribution in [-0.4, -0.2) is 15.0 Å². The molecule has 0 unspecified atom stereocenters. The molecule has 1 aromatic carbocycles. The number of benzene rings is 1. The number of nitrogens with two attached hydrogens (primary N) is 1. The van der Waals surface area contributed by atoms with Gasteiger partial charge in [-0.1, -0.05) is 23.5 Å². The van der Waals surface area contributed by atoms with Gasteiger partial charge in [0.15, 0.2) is 5.13 Å². The fourth-order valence-corrected chi connectivity index (χ4v) is 2.85. The molecule has 0 amide bonds. The molecule has 6 nitrogen and oxygen atoms in total. The number of hydrogen-bond donors (Lipinski definition) is 1. The van der Waals surface area contributed by atoms with Crippen LogP contribution in [0.1, 0.15) is 0 Å². The van der Waals surface area contributed by atoms with E-state index in [0.29, 0.717) is 22.2 Å². The molecular formula is C13H8ClN5OS. The van der Waals surface area contributed by atoms with Gasteiger partial charge in [-0.15, -0.1) is 4.91 Å². The van der Waals surface area contributed by atoms with Crippen molar-refractivity contribution in [2.75, 3.05) is 5.73 Å². The van der Waals surface area contributed by atoms with E-state index in [1.54, 1.807) is 30.5 Å². The zero-order valence-electron chi connectivity index (χ0n) is 10.5. The van der Waals surface area contributed by atoms with Crippen LogP contribution in [-0.2, 0) is 0 Å². The highest BCUT2D eigenvalue weighted by molar-refractivity contribution is 7.19. The number of nitrogen functional groups attached to an aromatic ring is 1. The smallest absolute Gasteiger partial charge is 0.222 e. The molecule has 2 heterocycles. The van der Waals surface area contributed by atoms with Crippen molar-refractivity contribution in [3.8, 4) is 21.8 Å². The van der Waals surface area contributed by atoms with Crippen molar-refractivity contribution in [3.05, 3.63) is 46.7 Å². The first-order valence-electron chi connectivity index (χ1n) is 5.86. The topological polar surface area (TPSA) is 94.1 Å². The van der Waals surface area contributed by atoms with Crippen LogP contribution in [0.3, 0.4) is 0 Å². The molecular weight excluding hydrogens is 310 g/mol. The molecule has 0 spiro atoms. The summed E-state index contributed by atoms with van der Waals surface area (Å²) in [5.41, 5.74) is 8.14. The summed E-state index contributed by atoms with van der Waals surface area (Å²) in [6.45, 7) is 0. The molecule has 0 aliphatic carbocycles. The molecule has 0 saturated heterocycles. The van der Waals surface area contributed by atoms with E-state index in [4.69, 9.17) is 17.3 Å². The van der Waals surface area contributed by atoms with Gasteiger partial charge in [-0.2, -0.15) is 0 Å². The number of hydrogen-bond acceptors (Lipinski definition) is 7. The number of rotatable bonds is 3. The Morgan fingerprint density at radius 1 is 1.24 bits per heavy atom. The van der Waals surface area contributed by atoms with Crippen molar-refractivity contribution in [3.63, 3.8) is 0 Å². The SMILES string of the molecule is Nc1nc(-c2cccc(N=O)c2)c(-c2ccnc(Cl)n2)s1. The van der Waals surface area contributed by atoms with E-state index < -0.39 is 0 Å². The molecule has 2 N–H and O–H groups in total. The van der Waals surface area contributed by atoms with Crippen LogP contribution in [0, 0.1) is 4.91 Å². The summed E-state index contributed by atoms with van der Waals surface area (Å²) in [5, 5.41) is 3.48. The first kappa shape index (κ1) is 13.6. The van der Waals surface area contributed by atoms with Crippen LogP contribution in [0.2, 0.25) is 5.28 Å². The number of anilines is 1. The number of nitroso groups, excluding NO2 is 1. The average Bonchev–Trinajstić information content (AvgIpc) is 2.89. The zero-order valence-corrected chi connectivity index (χ0v) is 12.1. The van der Waals surface area contributed by atoms with E-state index in [1.807, 2.05) is 6.07 Å². The highest BCUT2D eigenvalue weighted by Gasteiger charge is 2.15. The summed E-state index contributed by atoms with van der Waals surface area (Å²) in [6.07, 6.45) is 1.56. The van der Waals surface area contributed by atoms with Crippen LogP contribution in [0.4, 0.5) is 10.8 Å². The molecule has 0 aliphatic heterocycles. The van der Waals surface area contributed by atoms with E-state index in [-0.39, 0.29) is 5.28 Å². The normalized spacial score (nSPS) is 10.5. The van der Waals surface area contributed by atoms with Gasteiger partial charge in [0.2, 0.25) is 5.28 Å². The minimum absolute atomic E-state index is 0.147. The minimum Gasteiger partial charge on any atom is -0.375 e. The molecule has 3 rings (SSSR count). The highest BCUT2D eigenvalue weighted by atomic mass is 35.5. The van der Waals surface area contributed by atoms with E-state index >= 15 is 0 Å². The number of nitrogens with zero attached hydrogens (tertiary/aromatic N) is 4. The molecule has 21 heavy (non-hydrogen) atoms. The summed E-state index contributed by atoms with van der Waals surface area (Å²) in [5.74, 6) is 0. The van der Waals surface area contributed by atoms with Crippen molar-refractivity contribution in [1.29, 1.82) is 0 Å². The van der Waals surface area contributed by atoms with Crippen LogP contribution >= 0.6 is 22.9 Å². The third kappa shape index (κ3) is 2.74. The van der Waals surface area contributed by atoms with E-state index in [2.05, 4.69) is 20.1 Å². The Bertz CT molecular complexity index is 820. The molecule has 2 aromatic heterocycles. The Morgan fingerprint density at radius 3 is 2.86 bits per heavy atom. The minimum atomic E-state index is 0.147. The van der Waals surface area contributed by atoms with Crippen molar-refractivity contribution in [2.45, 2.75) is 0 Å². The van der Waals surface area contributed by atoms with Gasteiger partial charge < -0.3 is 5.73 Å². The lowest BCUT2D eigenvalue weighted by atomic mass is 10.1. The van der Waals surface area contributed by atoms with Crippen molar-refractivity contribution < 1.29 is 0 Å². The Hall–Kier alpha value is -2.38. The Balaban J connectivity index is 2.17. The lowest BCUT2D eigenvalue weighted by Gasteiger charge is -2.02. The second-order valence-corrected chi connectivity index (χ2v) is 5.45. The molecule has 0 radical (unpaired) electrons. The third-order valence-corrected chi connectivity index (χ3v) is 3.82. The zero-order chi connectivity index (χ0) is 14.8. The Labute approximate surface area is 128 Å². The average molecular weight is 318 g/mol. The summed E-state index contributed by atoms with van der Waals surface area (Å²) >= 11 is 7.12. The van der Waals surface area contributed by atoms with Crippen molar-refractivity contribution in [2.24, 2.45) is 5.18 Å². The lowest BCUT2D eigenvalue weighted by molar-refractivity contribution is 1.18. The van der Waals surface area contributed by atoms with E-state index in [9.17, 15) is 4.91 Å². The van der Waals surface area contributed by atoms with Crippen LogP contribution < -0.4 is 5.73 Å². The van der Waals surface area contributed by atoms with Crippen LogP contribution in [0.25, 0.3) is 21.8 Å². The number of aromatic nitrogens is 3. The second kappa shape index (κ2) is 5.55. The van der Waals surface area contributed by atoms with Gasteiger partial charge >= 0.3 is 0 Å². The lowest BCUT2D eigenvalue weighted by Crippen LogP contribution is -1.87. The van der Waals surface area contributed by atoms with Gasteiger partial charge in [-0.3, -0.25) is 0 Å². The van der Waals surface area contributed by atoms with Crippen LogP contribution in [0.5, 0.6) is 0 Å². The van der Waals surface area contributed by atoms with Crippen molar-refractivity contribution >= 4 is 33.8 Å². The monoisotopic (exact) mass is 317 g/mol. The molecule has 0 atom stereocenters. The third-order valence-electron chi connectivity index (χ3n) is 2.73. The molecule has 104 valence electrons. The quantitative estimate of drug-likeness (QED) is 0.584. The maximum absolute atomic E-state index is 10.7. The molecule has 0 bridgehead atoms. The highest BCUT2D eigenvalue weighted by Crippen LogP contribution is 2.38. The van der Waals surface area contributed by atoms with Gasteiger partial charge in [0.25, 0.3) is 0 Å². The standard InChI is InChI=1S/C13H8ClN5OS/c14-12-16-5-4-9(17-12)11-10(18-13(15)21-11)7-2-1-3-8(6-7)19-20/h1-6H,(H2,15,18). The maximum atomic E-state index is 10.7. The molecule has 8 heteroatoms. The fourth-order valence-electron chi connectivity index (χ4n) is 1.88. The molecule has 0 saturated carbocycles. The van der Waals surface area contributed by atoms with Gasteiger partial charge in [0, 0.05) is 11.8 Å². The molecule has 0 fully saturated rings. The van der Waals surface area contributed by atoms with E-state index in [0.717, 1.165) is 10.4 Å². The Morgan fingerprint density at radius 2 is 2.10 bits per heavy atom. The first-order valence-corrected chi connectivity index (χ1v) is 7.06. The van der Waals surface area contributed by atoms with Gasteiger partial charge in [-0.05, 0) is 35.0 Å². The number of halogens is 1. The summed E-state index contributed by atoms with van der Waals surface area (Å²) in [6, 6.07) is 8.55. The first-order chi connectivity index (χ1) is 10.2.